The topological polar surface area (TPSA) is 53.5 Å². The summed E-state index contributed by atoms with van der Waals surface area (Å²) in [6.07, 6.45) is 1.69. The van der Waals surface area contributed by atoms with Crippen LogP contribution in [0.4, 0.5) is 11.4 Å². The third-order valence-corrected chi connectivity index (χ3v) is 2.70. The summed E-state index contributed by atoms with van der Waals surface area (Å²) in [5.74, 6) is -0.0889. The van der Waals surface area contributed by atoms with Crippen LogP contribution in [0.3, 0.4) is 0 Å². The number of hydrazone groups is 1. The van der Waals surface area contributed by atoms with E-state index in [0.29, 0.717) is 5.02 Å². The molecule has 102 valence electrons. The molecule has 0 heterocycles. The van der Waals surface area contributed by atoms with Crippen LogP contribution in [-0.4, -0.2) is 12.1 Å². The van der Waals surface area contributed by atoms with Gasteiger partial charge < -0.3 is 5.32 Å². The van der Waals surface area contributed by atoms with E-state index in [9.17, 15) is 4.79 Å². The maximum Gasteiger partial charge on any atom is 0.221 e. The van der Waals surface area contributed by atoms with Gasteiger partial charge in [0.2, 0.25) is 5.91 Å². The standard InChI is InChI=1S/C15H14ClN3O/c1-11(20)18-14-7-5-12(6-8-14)10-17-19-15-4-2-3-13(16)9-15/h2-10,19H,1H3,(H,18,20)/b17-10-. The highest BCUT2D eigenvalue weighted by Crippen LogP contribution is 2.14. The number of nitrogens with zero attached hydrogens (tertiary/aromatic N) is 1. The molecule has 20 heavy (non-hydrogen) atoms. The molecule has 2 aromatic carbocycles. The highest BCUT2D eigenvalue weighted by molar-refractivity contribution is 6.30. The molecule has 0 aliphatic heterocycles. The fourth-order valence-electron chi connectivity index (χ4n) is 1.60. The zero-order valence-corrected chi connectivity index (χ0v) is 11.7. The first-order valence-corrected chi connectivity index (χ1v) is 6.43. The minimum Gasteiger partial charge on any atom is -0.326 e. The number of nitrogens with one attached hydrogen (secondary N) is 2. The van der Waals surface area contributed by atoms with Gasteiger partial charge in [0.15, 0.2) is 0 Å². The molecular formula is C15H14ClN3O. The minimum atomic E-state index is -0.0889. The Morgan fingerprint density at radius 2 is 1.90 bits per heavy atom. The summed E-state index contributed by atoms with van der Waals surface area (Å²) in [7, 11) is 0. The monoisotopic (exact) mass is 287 g/mol. The average Bonchev–Trinajstić information content (AvgIpc) is 2.40. The smallest absolute Gasteiger partial charge is 0.221 e. The number of amides is 1. The van der Waals surface area contributed by atoms with Crippen molar-refractivity contribution in [3.8, 4) is 0 Å². The molecule has 0 bridgehead atoms. The van der Waals surface area contributed by atoms with E-state index in [1.54, 1.807) is 18.3 Å². The summed E-state index contributed by atoms with van der Waals surface area (Å²) in [5.41, 5.74) is 5.41. The van der Waals surface area contributed by atoms with Gasteiger partial charge >= 0.3 is 0 Å². The number of halogens is 1. The summed E-state index contributed by atoms with van der Waals surface area (Å²) in [6, 6.07) is 14.7. The van der Waals surface area contributed by atoms with Gasteiger partial charge in [-0.05, 0) is 35.9 Å². The SMILES string of the molecule is CC(=O)Nc1ccc(/C=N\Nc2cccc(Cl)c2)cc1. The number of benzene rings is 2. The van der Waals surface area contributed by atoms with Gasteiger partial charge in [0, 0.05) is 17.6 Å². The number of hydrogen-bond donors (Lipinski definition) is 2. The number of carbonyl (C=O) groups is 1. The second-order valence-corrected chi connectivity index (χ2v) is 4.62. The van der Waals surface area contributed by atoms with Crippen LogP contribution in [0.5, 0.6) is 0 Å². The molecule has 0 fully saturated rings. The van der Waals surface area contributed by atoms with E-state index in [4.69, 9.17) is 11.6 Å². The van der Waals surface area contributed by atoms with Crippen molar-refractivity contribution in [2.45, 2.75) is 6.92 Å². The Kier molecular flexibility index (Phi) is 4.74. The maximum atomic E-state index is 10.9. The van der Waals surface area contributed by atoms with Gasteiger partial charge in [-0.3, -0.25) is 10.2 Å². The van der Waals surface area contributed by atoms with Crippen molar-refractivity contribution >= 4 is 35.1 Å². The molecule has 0 aliphatic rings. The quantitative estimate of drug-likeness (QED) is 0.665. The van der Waals surface area contributed by atoms with E-state index in [-0.39, 0.29) is 5.91 Å². The Bertz CT molecular complexity index is 623. The fourth-order valence-corrected chi connectivity index (χ4v) is 1.79. The average molecular weight is 288 g/mol. The van der Waals surface area contributed by atoms with Gasteiger partial charge in [-0.2, -0.15) is 5.10 Å². The van der Waals surface area contributed by atoms with Crippen molar-refractivity contribution in [3.63, 3.8) is 0 Å². The third-order valence-electron chi connectivity index (χ3n) is 2.46. The van der Waals surface area contributed by atoms with Crippen LogP contribution in [0.25, 0.3) is 0 Å². The van der Waals surface area contributed by atoms with Crippen LogP contribution < -0.4 is 10.7 Å². The molecule has 0 atom stereocenters. The number of rotatable bonds is 4. The first-order valence-electron chi connectivity index (χ1n) is 6.06. The van der Waals surface area contributed by atoms with E-state index in [1.165, 1.54) is 6.92 Å². The second kappa shape index (κ2) is 6.73. The van der Waals surface area contributed by atoms with Gasteiger partial charge in [-0.25, -0.2) is 0 Å². The number of hydrogen-bond acceptors (Lipinski definition) is 3. The van der Waals surface area contributed by atoms with Crippen molar-refractivity contribution in [2.75, 3.05) is 10.7 Å². The molecule has 2 N–H and O–H groups in total. The minimum absolute atomic E-state index is 0.0889. The zero-order valence-electron chi connectivity index (χ0n) is 10.9. The van der Waals surface area contributed by atoms with E-state index < -0.39 is 0 Å². The normalized spacial score (nSPS) is 10.5. The molecule has 0 unspecified atom stereocenters. The van der Waals surface area contributed by atoms with Gasteiger partial charge in [-0.15, -0.1) is 0 Å². The molecular weight excluding hydrogens is 274 g/mol. The lowest BCUT2D eigenvalue weighted by atomic mass is 10.2. The van der Waals surface area contributed by atoms with Gasteiger partial charge in [0.1, 0.15) is 0 Å². The lowest BCUT2D eigenvalue weighted by molar-refractivity contribution is -0.114. The van der Waals surface area contributed by atoms with Crippen LogP contribution in [0.2, 0.25) is 5.02 Å². The molecule has 0 spiro atoms. The molecule has 0 aliphatic carbocycles. The molecule has 2 aromatic rings. The Balaban J connectivity index is 1.96. The third kappa shape index (κ3) is 4.40. The van der Waals surface area contributed by atoms with Crippen molar-refractivity contribution in [1.29, 1.82) is 0 Å². The Morgan fingerprint density at radius 1 is 1.15 bits per heavy atom. The second-order valence-electron chi connectivity index (χ2n) is 4.18. The van der Waals surface area contributed by atoms with Crippen molar-refractivity contribution < 1.29 is 4.79 Å². The maximum absolute atomic E-state index is 10.9. The highest BCUT2D eigenvalue weighted by Gasteiger charge is 1.95. The number of carbonyl (C=O) groups excluding carboxylic acids is 1. The lowest BCUT2D eigenvalue weighted by Crippen LogP contribution is -2.05. The lowest BCUT2D eigenvalue weighted by Gasteiger charge is -2.02. The zero-order chi connectivity index (χ0) is 14.4. The highest BCUT2D eigenvalue weighted by atomic mass is 35.5. The summed E-state index contributed by atoms with van der Waals surface area (Å²) in [6.45, 7) is 1.48. The van der Waals surface area contributed by atoms with Gasteiger partial charge in [0.25, 0.3) is 0 Å². The van der Waals surface area contributed by atoms with Crippen molar-refractivity contribution in [1.82, 2.24) is 0 Å². The summed E-state index contributed by atoms with van der Waals surface area (Å²) >= 11 is 5.87. The largest absolute Gasteiger partial charge is 0.326 e. The van der Waals surface area contributed by atoms with Crippen LogP contribution in [0.1, 0.15) is 12.5 Å². The summed E-state index contributed by atoms with van der Waals surface area (Å²) < 4.78 is 0. The first kappa shape index (κ1) is 14.1. The van der Waals surface area contributed by atoms with Crippen LogP contribution >= 0.6 is 11.6 Å². The molecule has 4 nitrogen and oxygen atoms in total. The van der Waals surface area contributed by atoms with Crippen LogP contribution in [0.15, 0.2) is 53.6 Å². The first-order chi connectivity index (χ1) is 9.63. The van der Waals surface area contributed by atoms with E-state index in [0.717, 1.165) is 16.9 Å². The predicted molar refractivity (Wildman–Crippen MR) is 83.4 cm³/mol. The molecule has 2 rings (SSSR count). The fraction of sp³-hybridized carbons (Fsp3) is 0.0667. The molecule has 0 saturated heterocycles. The van der Waals surface area contributed by atoms with Gasteiger partial charge in [-0.1, -0.05) is 29.8 Å². The Morgan fingerprint density at radius 3 is 2.55 bits per heavy atom. The van der Waals surface area contributed by atoms with E-state index >= 15 is 0 Å². The molecule has 0 saturated carbocycles. The summed E-state index contributed by atoms with van der Waals surface area (Å²) in [5, 5.41) is 7.49. The Hall–Kier alpha value is -2.33. The molecule has 0 radical (unpaired) electrons. The summed E-state index contributed by atoms with van der Waals surface area (Å²) in [4.78, 5) is 10.9. The van der Waals surface area contributed by atoms with E-state index in [1.807, 2.05) is 36.4 Å². The van der Waals surface area contributed by atoms with Crippen molar-refractivity contribution in [2.24, 2.45) is 5.10 Å². The molecule has 1 amide bonds. The predicted octanol–water partition coefficient (Wildman–Crippen LogP) is 3.74. The van der Waals surface area contributed by atoms with Crippen LogP contribution in [0, 0.1) is 0 Å². The van der Waals surface area contributed by atoms with E-state index in [2.05, 4.69) is 15.8 Å². The van der Waals surface area contributed by atoms with Crippen molar-refractivity contribution in [3.05, 3.63) is 59.1 Å². The van der Waals surface area contributed by atoms with Crippen LogP contribution in [-0.2, 0) is 4.79 Å². The molecule has 0 aromatic heterocycles. The molecule has 5 heteroatoms. The number of anilines is 2. The van der Waals surface area contributed by atoms with Gasteiger partial charge in [0.05, 0.1) is 11.9 Å². The Labute approximate surface area is 122 Å².